The minimum absolute atomic E-state index is 0.272. The molecule has 0 spiro atoms. The molecule has 0 unspecified atom stereocenters. The number of amides is 1. The second kappa shape index (κ2) is 5.33. The Bertz CT molecular complexity index is 958. The minimum atomic E-state index is -0.284. The zero-order chi connectivity index (χ0) is 15.8. The molecule has 1 N–H and O–H groups in total. The first-order valence-corrected chi connectivity index (χ1v) is 7.65. The zero-order valence-corrected chi connectivity index (χ0v) is 12.9. The Morgan fingerprint density at radius 3 is 3.04 bits per heavy atom. The highest BCUT2D eigenvalue weighted by molar-refractivity contribution is 7.19. The molecule has 0 aliphatic carbocycles. The van der Waals surface area contributed by atoms with Crippen molar-refractivity contribution in [3.05, 3.63) is 54.2 Å². The average Bonchev–Trinajstić information content (AvgIpc) is 3.25. The highest BCUT2D eigenvalue weighted by atomic mass is 32.1. The first-order valence-electron chi connectivity index (χ1n) is 6.83. The molecule has 8 heteroatoms. The summed E-state index contributed by atoms with van der Waals surface area (Å²) in [6, 6.07) is 9.09. The molecule has 0 bridgehead atoms. The first kappa shape index (κ1) is 13.6. The molecule has 114 valence electrons. The predicted molar refractivity (Wildman–Crippen MR) is 85.5 cm³/mol. The van der Waals surface area contributed by atoms with Crippen molar-refractivity contribution in [1.82, 2.24) is 19.8 Å². The maximum absolute atomic E-state index is 12.1. The Balaban J connectivity index is 1.67. The van der Waals surface area contributed by atoms with Crippen LogP contribution in [0, 0.1) is 6.92 Å². The number of rotatable bonds is 3. The largest absolute Gasteiger partial charge is 0.459 e. The Kier molecular flexibility index (Phi) is 3.16. The molecule has 1 amide bonds. The Morgan fingerprint density at radius 1 is 1.35 bits per heavy atom. The average molecular weight is 325 g/mol. The summed E-state index contributed by atoms with van der Waals surface area (Å²) in [5, 5.41) is 15.9. The second-order valence-corrected chi connectivity index (χ2v) is 5.88. The van der Waals surface area contributed by atoms with Crippen molar-refractivity contribution in [3.63, 3.8) is 0 Å². The monoisotopic (exact) mass is 325 g/mol. The van der Waals surface area contributed by atoms with Gasteiger partial charge in [0.25, 0.3) is 5.91 Å². The van der Waals surface area contributed by atoms with Gasteiger partial charge in [0.1, 0.15) is 11.3 Å². The van der Waals surface area contributed by atoms with Gasteiger partial charge in [0.15, 0.2) is 5.76 Å². The van der Waals surface area contributed by atoms with Crippen LogP contribution in [0.1, 0.15) is 16.1 Å². The number of fused-ring (bicyclic) bond motifs is 1. The van der Waals surface area contributed by atoms with E-state index in [-0.39, 0.29) is 11.7 Å². The van der Waals surface area contributed by atoms with Gasteiger partial charge in [-0.1, -0.05) is 23.5 Å². The van der Waals surface area contributed by atoms with Crippen LogP contribution in [0.4, 0.5) is 5.69 Å². The lowest BCUT2D eigenvalue weighted by Gasteiger charge is -2.08. The van der Waals surface area contributed by atoms with E-state index in [0.717, 1.165) is 26.8 Å². The number of carbonyl (C=O) groups excluding carboxylic acids is 1. The minimum Gasteiger partial charge on any atom is -0.459 e. The molecule has 3 aromatic heterocycles. The third kappa shape index (κ3) is 2.49. The fourth-order valence-electron chi connectivity index (χ4n) is 2.16. The number of carbonyl (C=O) groups is 1. The van der Waals surface area contributed by atoms with E-state index in [1.807, 2.05) is 25.1 Å². The number of aryl methyl sites for hydroxylation is 1. The number of nitrogens with zero attached hydrogens (tertiary/aromatic N) is 4. The molecule has 7 nitrogen and oxygen atoms in total. The lowest BCUT2D eigenvalue weighted by atomic mass is 10.1. The lowest BCUT2D eigenvalue weighted by Crippen LogP contribution is -2.11. The van der Waals surface area contributed by atoms with Crippen LogP contribution in [0.2, 0.25) is 0 Å². The van der Waals surface area contributed by atoms with Crippen LogP contribution in [-0.4, -0.2) is 25.7 Å². The zero-order valence-electron chi connectivity index (χ0n) is 12.1. The maximum Gasteiger partial charge on any atom is 0.291 e. The van der Waals surface area contributed by atoms with Gasteiger partial charge in [-0.3, -0.25) is 4.79 Å². The van der Waals surface area contributed by atoms with Crippen LogP contribution < -0.4 is 5.32 Å². The van der Waals surface area contributed by atoms with Crippen LogP contribution in [0.3, 0.4) is 0 Å². The van der Waals surface area contributed by atoms with Gasteiger partial charge >= 0.3 is 0 Å². The topological polar surface area (TPSA) is 85.3 Å². The van der Waals surface area contributed by atoms with Crippen LogP contribution in [0.25, 0.3) is 15.5 Å². The van der Waals surface area contributed by atoms with Gasteiger partial charge in [-0.05, 0) is 30.7 Å². The summed E-state index contributed by atoms with van der Waals surface area (Å²) in [4.78, 5) is 12.9. The number of benzene rings is 1. The first-order chi connectivity index (χ1) is 11.2. The quantitative estimate of drug-likeness (QED) is 0.626. The molecule has 0 saturated heterocycles. The normalized spacial score (nSPS) is 11.0. The molecule has 4 rings (SSSR count). The molecular weight excluding hydrogens is 314 g/mol. The van der Waals surface area contributed by atoms with E-state index in [1.54, 1.807) is 23.0 Å². The smallest absolute Gasteiger partial charge is 0.291 e. The summed E-state index contributed by atoms with van der Waals surface area (Å²) < 4.78 is 6.74. The molecule has 0 radical (unpaired) electrons. The van der Waals surface area contributed by atoms with Crippen molar-refractivity contribution >= 4 is 27.9 Å². The molecular formula is C15H11N5O2S. The fourth-order valence-corrected chi connectivity index (χ4v) is 2.97. The molecule has 0 aliphatic rings. The van der Waals surface area contributed by atoms with E-state index >= 15 is 0 Å². The molecule has 0 aliphatic heterocycles. The van der Waals surface area contributed by atoms with E-state index in [2.05, 4.69) is 20.6 Å². The van der Waals surface area contributed by atoms with Crippen LogP contribution in [0.15, 0.2) is 47.3 Å². The molecule has 23 heavy (non-hydrogen) atoms. The van der Waals surface area contributed by atoms with Crippen molar-refractivity contribution < 1.29 is 9.21 Å². The Labute approximate surface area is 134 Å². The van der Waals surface area contributed by atoms with E-state index in [0.29, 0.717) is 0 Å². The van der Waals surface area contributed by atoms with Gasteiger partial charge in [0.05, 0.1) is 6.26 Å². The second-order valence-electron chi connectivity index (χ2n) is 4.93. The van der Waals surface area contributed by atoms with Crippen molar-refractivity contribution in [2.45, 2.75) is 6.92 Å². The number of hydrogen-bond donors (Lipinski definition) is 1. The van der Waals surface area contributed by atoms with E-state index in [4.69, 9.17) is 4.42 Å². The molecule has 0 atom stereocenters. The maximum atomic E-state index is 12.1. The Hall–Kier alpha value is -3.00. The van der Waals surface area contributed by atoms with Gasteiger partial charge in [0, 0.05) is 11.3 Å². The SMILES string of the molecule is Cc1ccc(-c2nn3cnnc3s2)cc1NC(=O)c1ccco1. The van der Waals surface area contributed by atoms with Crippen molar-refractivity contribution in [3.8, 4) is 10.6 Å². The van der Waals surface area contributed by atoms with E-state index < -0.39 is 0 Å². The van der Waals surface area contributed by atoms with Crippen molar-refractivity contribution in [2.75, 3.05) is 5.32 Å². The van der Waals surface area contributed by atoms with Gasteiger partial charge in [-0.2, -0.15) is 9.61 Å². The van der Waals surface area contributed by atoms with Gasteiger partial charge < -0.3 is 9.73 Å². The Morgan fingerprint density at radius 2 is 2.26 bits per heavy atom. The summed E-state index contributed by atoms with van der Waals surface area (Å²) in [7, 11) is 0. The van der Waals surface area contributed by atoms with Crippen LogP contribution in [0.5, 0.6) is 0 Å². The third-order valence-electron chi connectivity index (χ3n) is 3.36. The number of furan rings is 1. The van der Waals surface area contributed by atoms with Crippen LogP contribution >= 0.6 is 11.3 Å². The van der Waals surface area contributed by atoms with E-state index in [9.17, 15) is 4.79 Å². The highest BCUT2D eigenvalue weighted by Crippen LogP contribution is 2.28. The number of anilines is 1. The number of nitrogens with one attached hydrogen (secondary N) is 1. The van der Waals surface area contributed by atoms with Gasteiger partial charge in [0.2, 0.25) is 4.96 Å². The summed E-state index contributed by atoms with van der Waals surface area (Å²) >= 11 is 1.44. The number of hydrogen-bond acceptors (Lipinski definition) is 6. The molecule has 4 aromatic rings. The van der Waals surface area contributed by atoms with Gasteiger partial charge in [-0.25, -0.2) is 0 Å². The highest BCUT2D eigenvalue weighted by Gasteiger charge is 2.13. The van der Waals surface area contributed by atoms with Crippen LogP contribution in [-0.2, 0) is 0 Å². The van der Waals surface area contributed by atoms with Crippen molar-refractivity contribution in [1.29, 1.82) is 0 Å². The van der Waals surface area contributed by atoms with E-state index in [1.165, 1.54) is 17.6 Å². The lowest BCUT2D eigenvalue weighted by molar-refractivity contribution is 0.0996. The summed E-state index contributed by atoms with van der Waals surface area (Å²) in [6.45, 7) is 1.93. The number of aromatic nitrogens is 4. The molecule has 1 aromatic carbocycles. The molecule has 3 heterocycles. The predicted octanol–water partition coefficient (Wildman–Crippen LogP) is 3.01. The standard InChI is InChI=1S/C15H11N5O2S/c1-9-4-5-10(14-19-20-8-16-18-15(20)23-14)7-11(9)17-13(21)12-3-2-6-22-12/h2-8H,1H3,(H,17,21). The third-order valence-corrected chi connectivity index (χ3v) is 4.33. The van der Waals surface area contributed by atoms with Gasteiger partial charge in [-0.15, -0.1) is 10.2 Å². The summed E-state index contributed by atoms with van der Waals surface area (Å²) in [5.74, 6) is -0.0120. The summed E-state index contributed by atoms with van der Waals surface area (Å²) in [6.07, 6.45) is 3.03. The summed E-state index contributed by atoms with van der Waals surface area (Å²) in [5.41, 5.74) is 2.58. The molecule has 0 fully saturated rings. The fraction of sp³-hybridized carbons (Fsp3) is 0.0667. The van der Waals surface area contributed by atoms with Crippen molar-refractivity contribution in [2.24, 2.45) is 0 Å². The molecule has 0 saturated carbocycles.